The molecule has 0 unspecified atom stereocenters. The molecule has 0 bridgehead atoms. The molecule has 1 amide bonds. The predicted octanol–water partition coefficient (Wildman–Crippen LogP) is 2.52. The maximum atomic E-state index is 12.6. The average molecular weight is 282 g/mol. The fourth-order valence-electron chi connectivity index (χ4n) is 2.51. The Morgan fingerprint density at radius 3 is 2.65 bits per heavy atom. The van der Waals surface area contributed by atoms with E-state index in [-0.39, 0.29) is 5.91 Å². The van der Waals surface area contributed by atoms with E-state index in [2.05, 4.69) is 6.07 Å². The highest BCUT2D eigenvalue weighted by atomic mass is 32.1. The van der Waals surface area contributed by atoms with Gasteiger partial charge in [0.1, 0.15) is 4.99 Å². The SMILES string of the molecule is NC(=S)c1cccc(C(=O)N2CCc3ccccc32)c1. The number of para-hydroxylation sites is 1. The predicted molar refractivity (Wildman–Crippen MR) is 84.2 cm³/mol. The van der Waals surface area contributed by atoms with Gasteiger partial charge in [-0.1, -0.05) is 42.5 Å². The van der Waals surface area contributed by atoms with Gasteiger partial charge < -0.3 is 10.6 Å². The number of thiocarbonyl (C=S) groups is 1. The molecular formula is C16H14N2OS. The van der Waals surface area contributed by atoms with Gasteiger partial charge in [0.15, 0.2) is 0 Å². The van der Waals surface area contributed by atoms with Gasteiger partial charge >= 0.3 is 0 Å². The largest absolute Gasteiger partial charge is 0.389 e. The number of hydrogen-bond donors (Lipinski definition) is 1. The molecule has 0 spiro atoms. The third kappa shape index (κ3) is 2.18. The van der Waals surface area contributed by atoms with Crippen LogP contribution < -0.4 is 10.6 Å². The van der Waals surface area contributed by atoms with Gasteiger partial charge in [-0.3, -0.25) is 4.79 Å². The number of carbonyl (C=O) groups is 1. The zero-order chi connectivity index (χ0) is 14.1. The van der Waals surface area contributed by atoms with Crippen LogP contribution in [0.5, 0.6) is 0 Å². The molecule has 1 aliphatic heterocycles. The maximum Gasteiger partial charge on any atom is 0.258 e. The molecule has 0 aliphatic carbocycles. The molecule has 0 radical (unpaired) electrons. The van der Waals surface area contributed by atoms with E-state index < -0.39 is 0 Å². The summed E-state index contributed by atoms with van der Waals surface area (Å²) in [6.07, 6.45) is 0.900. The van der Waals surface area contributed by atoms with Gasteiger partial charge in [0, 0.05) is 23.4 Å². The zero-order valence-electron chi connectivity index (χ0n) is 10.9. The van der Waals surface area contributed by atoms with E-state index in [0.717, 1.165) is 24.2 Å². The van der Waals surface area contributed by atoms with Gasteiger partial charge in [0.25, 0.3) is 5.91 Å². The van der Waals surface area contributed by atoms with Crippen LogP contribution in [0.2, 0.25) is 0 Å². The number of benzene rings is 2. The summed E-state index contributed by atoms with van der Waals surface area (Å²) in [4.78, 5) is 14.7. The normalized spacial score (nSPS) is 13.1. The number of fused-ring (bicyclic) bond motifs is 1. The quantitative estimate of drug-likeness (QED) is 0.861. The molecule has 1 heterocycles. The van der Waals surface area contributed by atoms with Crippen molar-refractivity contribution in [2.45, 2.75) is 6.42 Å². The van der Waals surface area contributed by atoms with Gasteiger partial charge in [-0.25, -0.2) is 0 Å². The van der Waals surface area contributed by atoms with E-state index >= 15 is 0 Å². The molecule has 3 rings (SSSR count). The van der Waals surface area contributed by atoms with Gasteiger partial charge in [0.2, 0.25) is 0 Å². The van der Waals surface area contributed by atoms with Crippen LogP contribution in [0.25, 0.3) is 0 Å². The fourth-order valence-corrected chi connectivity index (χ4v) is 2.64. The Kier molecular flexibility index (Phi) is 3.24. The molecule has 1 aliphatic rings. The Bertz CT molecular complexity index is 696. The summed E-state index contributed by atoms with van der Waals surface area (Å²) in [6, 6.07) is 15.2. The van der Waals surface area contributed by atoms with Crippen LogP contribution in [0, 0.1) is 0 Å². The summed E-state index contributed by atoms with van der Waals surface area (Å²) in [7, 11) is 0. The van der Waals surface area contributed by atoms with E-state index in [0.29, 0.717) is 10.6 Å². The lowest BCUT2D eigenvalue weighted by molar-refractivity contribution is 0.0989. The number of rotatable bonds is 2. The van der Waals surface area contributed by atoms with Crippen molar-refractivity contribution in [2.75, 3.05) is 11.4 Å². The van der Waals surface area contributed by atoms with Crippen LogP contribution in [0.1, 0.15) is 21.5 Å². The lowest BCUT2D eigenvalue weighted by Crippen LogP contribution is -2.29. The molecule has 2 aromatic carbocycles. The molecule has 0 fully saturated rings. The fraction of sp³-hybridized carbons (Fsp3) is 0.125. The molecule has 0 atom stereocenters. The Hall–Kier alpha value is -2.20. The highest BCUT2D eigenvalue weighted by Crippen LogP contribution is 2.28. The molecule has 100 valence electrons. The average Bonchev–Trinajstić information content (AvgIpc) is 2.90. The Morgan fingerprint density at radius 2 is 1.85 bits per heavy atom. The van der Waals surface area contributed by atoms with Crippen LogP contribution in [0.3, 0.4) is 0 Å². The van der Waals surface area contributed by atoms with E-state index in [9.17, 15) is 4.79 Å². The third-order valence-corrected chi connectivity index (χ3v) is 3.76. The first-order chi connectivity index (χ1) is 9.66. The Balaban J connectivity index is 1.95. The highest BCUT2D eigenvalue weighted by molar-refractivity contribution is 7.80. The summed E-state index contributed by atoms with van der Waals surface area (Å²) >= 11 is 4.96. The molecule has 2 aromatic rings. The summed E-state index contributed by atoms with van der Waals surface area (Å²) in [5.41, 5.74) is 9.17. The highest BCUT2D eigenvalue weighted by Gasteiger charge is 2.25. The molecule has 20 heavy (non-hydrogen) atoms. The number of anilines is 1. The Labute approximate surface area is 123 Å². The molecule has 0 saturated carbocycles. The zero-order valence-corrected chi connectivity index (χ0v) is 11.7. The second-order valence-corrected chi connectivity index (χ2v) is 5.22. The smallest absolute Gasteiger partial charge is 0.258 e. The van der Waals surface area contributed by atoms with Gasteiger partial charge in [-0.2, -0.15) is 0 Å². The summed E-state index contributed by atoms with van der Waals surface area (Å²) in [6.45, 7) is 0.718. The second-order valence-electron chi connectivity index (χ2n) is 4.78. The van der Waals surface area contributed by atoms with Crippen molar-refractivity contribution < 1.29 is 4.79 Å². The molecule has 3 nitrogen and oxygen atoms in total. The third-order valence-electron chi connectivity index (χ3n) is 3.53. The van der Waals surface area contributed by atoms with Crippen molar-refractivity contribution in [1.82, 2.24) is 0 Å². The molecule has 2 N–H and O–H groups in total. The molecule has 4 heteroatoms. The molecular weight excluding hydrogens is 268 g/mol. The number of carbonyl (C=O) groups excluding carboxylic acids is 1. The van der Waals surface area contributed by atoms with Crippen LogP contribution >= 0.6 is 12.2 Å². The summed E-state index contributed by atoms with van der Waals surface area (Å²) in [5.74, 6) is -0.00644. The minimum Gasteiger partial charge on any atom is -0.389 e. The number of amides is 1. The van der Waals surface area contributed by atoms with Crippen LogP contribution in [0.15, 0.2) is 48.5 Å². The van der Waals surface area contributed by atoms with Crippen molar-refractivity contribution in [1.29, 1.82) is 0 Å². The first-order valence-corrected chi connectivity index (χ1v) is 6.87. The van der Waals surface area contributed by atoms with E-state index in [1.807, 2.05) is 35.2 Å². The number of nitrogens with zero attached hydrogens (tertiary/aromatic N) is 1. The lowest BCUT2D eigenvalue weighted by Gasteiger charge is -2.17. The van der Waals surface area contributed by atoms with E-state index in [1.54, 1.807) is 12.1 Å². The number of hydrogen-bond acceptors (Lipinski definition) is 2. The second kappa shape index (κ2) is 5.06. The van der Waals surface area contributed by atoms with E-state index in [1.165, 1.54) is 5.56 Å². The van der Waals surface area contributed by atoms with Gasteiger partial charge in [0.05, 0.1) is 0 Å². The van der Waals surface area contributed by atoms with Crippen molar-refractivity contribution in [3.63, 3.8) is 0 Å². The van der Waals surface area contributed by atoms with Gasteiger partial charge in [-0.05, 0) is 30.2 Å². The van der Waals surface area contributed by atoms with Crippen molar-refractivity contribution >= 4 is 28.8 Å². The van der Waals surface area contributed by atoms with Crippen LogP contribution in [-0.4, -0.2) is 17.4 Å². The first kappa shape index (κ1) is 12.8. The minimum absolute atomic E-state index is 0.00644. The lowest BCUT2D eigenvalue weighted by atomic mass is 10.1. The van der Waals surface area contributed by atoms with Crippen molar-refractivity contribution in [3.8, 4) is 0 Å². The summed E-state index contributed by atoms with van der Waals surface area (Å²) < 4.78 is 0. The first-order valence-electron chi connectivity index (χ1n) is 6.46. The maximum absolute atomic E-state index is 12.6. The monoisotopic (exact) mass is 282 g/mol. The van der Waals surface area contributed by atoms with Crippen LogP contribution in [0.4, 0.5) is 5.69 Å². The topological polar surface area (TPSA) is 46.3 Å². The van der Waals surface area contributed by atoms with Crippen molar-refractivity contribution in [3.05, 3.63) is 65.2 Å². The van der Waals surface area contributed by atoms with Crippen molar-refractivity contribution in [2.24, 2.45) is 5.73 Å². The van der Waals surface area contributed by atoms with E-state index in [4.69, 9.17) is 18.0 Å². The molecule has 0 aromatic heterocycles. The summed E-state index contributed by atoms with van der Waals surface area (Å²) in [5, 5.41) is 0. The molecule has 0 saturated heterocycles. The number of nitrogens with two attached hydrogens (primary N) is 1. The minimum atomic E-state index is -0.00644. The van der Waals surface area contributed by atoms with Crippen LogP contribution in [-0.2, 0) is 6.42 Å². The van der Waals surface area contributed by atoms with Gasteiger partial charge in [-0.15, -0.1) is 0 Å². The standard InChI is InChI=1S/C16H14N2OS/c17-15(20)12-5-3-6-13(10-12)16(19)18-9-8-11-4-1-2-7-14(11)18/h1-7,10H,8-9H2,(H2,17,20). The Morgan fingerprint density at radius 1 is 1.10 bits per heavy atom.